The van der Waals surface area contributed by atoms with E-state index in [-0.39, 0.29) is 17.5 Å². The quantitative estimate of drug-likeness (QED) is 0.505. The maximum atomic E-state index is 11.2. The molecule has 124 valence electrons. The topological polar surface area (TPSA) is 26.3 Å². The van der Waals surface area contributed by atoms with E-state index in [4.69, 9.17) is 4.74 Å². The zero-order chi connectivity index (χ0) is 16.2. The first kappa shape index (κ1) is 15.2. The average molecular weight is 312 g/mol. The molecule has 23 heavy (non-hydrogen) atoms. The van der Waals surface area contributed by atoms with Crippen LogP contribution in [0.15, 0.2) is 35.5 Å². The molecule has 0 heterocycles. The second kappa shape index (κ2) is 5.09. The molecule has 0 amide bonds. The molecule has 0 aromatic carbocycles. The van der Waals surface area contributed by atoms with Crippen molar-refractivity contribution < 1.29 is 9.53 Å². The fourth-order valence-electron chi connectivity index (χ4n) is 5.89. The number of carbonyl (C=O) groups is 1. The van der Waals surface area contributed by atoms with E-state index in [1.54, 1.807) is 5.57 Å². The largest absolute Gasteiger partial charge is 0.454 e. The summed E-state index contributed by atoms with van der Waals surface area (Å²) in [7, 11) is 0. The van der Waals surface area contributed by atoms with Gasteiger partial charge in [-0.2, -0.15) is 0 Å². The molecular weight excluding hydrogens is 284 g/mol. The fraction of sp³-hybridized carbons (Fsp3) is 0.667. The zero-order valence-electron chi connectivity index (χ0n) is 14.6. The van der Waals surface area contributed by atoms with Gasteiger partial charge in [0.05, 0.1) is 0 Å². The molecule has 4 rings (SSSR count). The molecule has 2 saturated carbocycles. The van der Waals surface area contributed by atoms with Gasteiger partial charge in [0.15, 0.2) is 0 Å². The number of ether oxygens (including phenoxy) is 1. The van der Waals surface area contributed by atoms with Crippen LogP contribution in [0.5, 0.6) is 0 Å². The SMILES string of the molecule is CC(=O)OC1C=C[C@@]2(C)C(=C1)CC[C@@H]1C2=CC[C@]2(C)CCC[C@@H]12. The van der Waals surface area contributed by atoms with Crippen molar-refractivity contribution in [3.63, 3.8) is 0 Å². The van der Waals surface area contributed by atoms with Crippen molar-refractivity contribution in [2.24, 2.45) is 22.7 Å². The number of carbonyl (C=O) groups excluding carboxylic acids is 1. The van der Waals surface area contributed by atoms with Crippen molar-refractivity contribution in [3.05, 3.63) is 35.5 Å². The maximum Gasteiger partial charge on any atom is 0.303 e. The van der Waals surface area contributed by atoms with E-state index in [2.05, 4.69) is 38.2 Å². The molecule has 2 fully saturated rings. The molecule has 2 nitrogen and oxygen atoms in total. The van der Waals surface area contributed by atoms with Crippen molar-refractivity contribution in [1.29, 1.82) is 0 Å². The van der Waals surface area contributed by atoms with Crippen molar-refractivity contribution in [3.8, 4) is 0 Å². The fourth-order valence-corrected chi connectivity index (χ4v) is 5.89. The van der Waals surface area contributed by atoms with E-state index in [0.717, 1.165) is 18.3 Å². The lowest BCUT2D eigenvalue weighted by molar-refractivity contribution is -0.142. The third-order valence-corrected chi connectivity index (χ3v) is 7.11. The van der Waals surface area contributed by atoms with Crippen molar-refractivity contribution >= 4 is 5.97 Å². The van der Waals surface area contributed by atoms with Gasteiger partial charge in [-0.3, -0.25) is 4.79 Å². The predicted octanol–water partition coefficient (Wildman–Crippen LogP) is 4.97. The molecule has 5 atom stereocenters. The molecule has 4 aliphatic carbocycles. The Morgan fingerprint density at radius 2 is 2.13 bits per heavy atom. The summed E-state index contributed by atoms with van der Waals surface area (Å²) in [5.41, 5.74) is 3.71. The summed E-state index contributed by atoms with van der Waals surface area (Å²) in [6, 6.07) is 0. The number of hydrogen-bond donors (Lipinski definition) is 0. The third kappa shape index (κ3) is 2.25. The van der Waals surface area contributed by atoms with Crippen LogP contribution in [0.1, 0.15) is 59.3 Å². The highest BCUT2D eigenvalue weighted by Crippen LogP contribution is 2.62. The van der Waals surface area contributed by atoms with Crippen LogP contribution in [0, 0.1) is 22.7 Å². The van der Waals surface area contributed by atoms with Crippen molar-refractivity contribution in [1.82, 2.24) is 0 Å². The average Bonchev–Trinajstić information content (AvgIpc) is 2.89. The zero-order valence-corrected chi connectivity index (χ0v) is 14.6. The van der Waals surface area contributed by atoms with E-state index < -0.39 is 0 Å². The summed E-state index contributed by atoms with van der Waals surface area (Å²) < 4.78 is 5.38. The van der Waals surface area contributed by atoms with Gasteiger partial charge in [0.2, 0.25) is 0 Å². The Balaban J connectivity index is 1.67. The lowest BCUT2D eigenvalue weighted by Crippen LogP contribution is -2.42. The molecule has 0 aliphatic heterocycles. The summed E-state index contributed by atoms with van der Waals surface area (Å²) in [4.78, 5) is 11.2. The monoisotopic (exact) mass is 312 g/mol. The first-order chi connectivity index (χ1) is 10.9. The molecule has 0 aromatic heterocycles. The number of rotatable bonds is 1. The lowest BCUT2D eigenvalue weighted by Gasteiger charge is -2.51. The van der Waals surface area contributed by atoms with E-state index in [1.807, 2.05) is 0 Å². The number of hydrogen-bond acceptors (Lipinski definition) is 2. The van der Waals surface area contributed by atoms with Gasteiger partial charge in [-0.15, -0.1) is 0 Å². The number of fused-ring (bicyclic) bond motifs is 5. The minimum atomic E-state index is -0.201. The summed E-state index contributed by atoms with van der Waals surface area (Å²) in [5, 5.41) is 0. The molecule has 1 unspecified atom stereocenters. The summed E-state index contributed by atoms with van der Waals surface area (Å²) in [6.45, 7) is 6.37. The van der Waals surface area contributed by atoms with E-state index in [9.17, 15) is 4.79 Å². The smallest absolute Gasteiger partial charge is 0.303 e. The summed E-state index contributed by atoms with van der Waals surface area (Å²) in [5.74, 6) is 1.43. The van der Waals surface area contributed by atoms with Gasteiger partial charge in [-0.25, -0.2) is 0 Å². The Labute approximate surface area is 139 Å². The van der Waals surface area contributed by atoms with Gasteiger partial charge in [0.1, 0.15) is 6.10 Å². The molecule has 0 radical (unpaired) electrons. The Morgan fingerprint density at radius 3 is 2.91 bits per heavy atom. The maximum absolute atomic E-state index is 11.2. The second-order valence-electron chi connectivity index (χ2n) is 8.49. The van der Waals surface area contributed by atoms with Crippen LogP contribution in [0.3, 0.4) is 0 Å². The van der Waals surface area contributed by atoms with Gasteiger partial charge >= 0.3 is 5.97 Å². The van der Waals surface area contributed by atoms with Crippen LogP contribution in [0.25, 0.3) is 0 Å². The van der Waals surface area contributed by atoms with Crippen LogP contribution in [-0.4, -0.2) is 12.1 Å². The van der Waals surface area contributed by atoms with Crippen LogP contribution in [0.4, 0.5) is 0 Å². The van der Waals surface area contributed by atoms with Gasteiger partial charge in [0.25, 0.3) is 0 Å². The Kier molecular flexibility index (Phi) is 3.37. The molecule has 2 heteroatoms. The molecule has 0 N–H and O–H groups in total. The van der Waals surface area contributed by atoms with Gasteiger partial charge in [0, 0.05) is 12.3 Å². The number of allylic oxidation sites excluding steroid dienone is 4. The van der Waals surface area contributed by atoms with Gasteiger partial charge in [-0.05, 0) is 68.4 Å². The highest BCUT2D eigenvalue weighted by Gasteiger charge is 2.51. The van der Waals surface area contributed by atoms with Crippen molar-refractivity contribution in [2.75, 3.05) is 0 Å². The van der Waals surface area contributed by atoms with Crippen molar-refractivity contribution in [2.45, 2.75) is 65.4 Å². The molecule has 0 bridgehead atoms. The third-order valence-electron chi connectivity index (χ3n) is 7.11. The van der Waals surface area contributed by atoms with Crippen LogP contribution < -0.4 is 0 Å². The number of esters is 1. The molecule has 4 aliphatic rings. The minimum absolute atomic E-state index is 0.0590. The Hall–Kier alpha value is -1.31. The second-order valence-corrected chi connectivity index (χ2v) is 8.49. The lowest BCUT2D eigenvalue weighted by atomic mass is 9.53. The minimum Gasteiger partial charge on any atom is -0.454 e. The van der Waals surface area contributed by atoms with Crippen LogP contribution in [-0.2, 0) is 9.53 Å². The first-order valence-corrected chi connectivity index (χ1v) is 9.21. The summed E-state index contributed by atoms with van der Waals surface area (Å²) >= 11 is 0. The van der Waals surface area contributed by atoms with E-state index in [1.165, 1.54) is 44.6 Å². The van der Waals surface area contributed by atoms with E-state index >= 15 is 0 Å². The van der Waals surface area contributed by atoms with E-state index in [0.29, 0.717) is 5.41 Å². The normalized spacial score (nSPS) is 44.6. The first-order valence-electron chi connectivity index (χ1n) is 9.21. The van der Waals surface area contributed by atoms with Gasteiger partial charge in [-0.1, -0.05) is 36.6 Å². The summed E-state index contributed by atoms with van der Waals surface area (Å²) in [6.07, 6.45) is 16.9. The molecule has 0 spiro atoms. The standard InChI is InChI=1S/C21H28O2/c1-14(22)23-16-8-12-21(3)15(13-16)6-7-17-18-5-4-10-20(18,2)11-9-19(17)21/h8-9,12-13,16-18H,4-7,10-11H2,1-3H3/t16?,17-,18-,20-,21-/m0/s1. The Bertz CT molecular complexity index is 626. The molecule has 0 saturated heterocycles. The predicted molar refractivity (Wildman–Crippen MR) is 91.8 cm³/mol. The Morgan fingerprint density at radius 1 is 1.30 bits per heavy atom. The highest BCUT2D eigenvalue weighted by molar-refractivity contribution is 5.66. The molecular formula is C21H28O2. The van der Waals surface area contributed by atoms with Crippen LogP contribution >= 0.6 is 0 Å². The highest BCUT2D eigenvalue weighted by atomic mass is 16.5. The van der Waals surface area contributed by atoms with Gasteiger partial charge < -0.3 is 4.74 Å². The van der Waals surface area contributed by atoms with Crippen LogP contribution in [0.2, 0.25) is 0 Å². The molecule has 0 aromatic rings.